The molecular formula is C11H30O6Si4. The van der Waals surface area contributed by atoms with Crippen molar-refractivity contribution in [3.05, 3.63) is 12.3 Å². The maximum absolute atomic E-state index is 5.90. The van der Waals surface area contributed by atoms with Gasteiger partial charge in [-0.15, -0.1) is 12.3 Å². The van der Waals surface area contributed by atoms with Gasteiger partial charge in [0.25, 0.3) is 0 Å². The highest BCUT2D eigenvalue weighted by Crippen LogP contribution is 2.02. The Morgan fingerprint density at radius 3 is 1.29 bits per heavy atom. The predicted molar refractivity (Wildman–Crippen MR) is 95.1 cm³/mol. The first-order chi connectivity index (χ1) is 10.2. The van der Waals surface area contributed by atoms with E-state index in [2.05, 4.69) is 12.3 Å². The van der Waals surface area contributed by atoms with E-state index in [0.29, 0.717) is 39.6 Å². The van der Waals surface area contributed by atoms with Gasteiger partial charge in [-0.2, -0.15) is 0 Å². The summed E-state index contributed by atoms with van der Waals surface area (Å²) in [5.74, 6) is 0. The van der Waals surface area contributed by atoms with Crippen LogP contribution >= 0.6 is 0 Å². The number of methoxy groups -OCH3 is 3. The summed E-state index contributed by atoms with van der Waals surface area (Å²) in [6.07, 6.45) is 0. The van der Waals surface area contributed by atoms with Crippen LogP contribution in [0.25, 0.3) is 0 Å². The molecule has 0 atom stereocenters. The second-order valence-corrected chi connectivity index (χ2v) is 34.2. The van der Waals surface area contributed by atoms with Crippen LogP contribution < -0.4 is 0 Å². The third kappa shape index (κ3) is 11.6. The van der Waals surface area contributed by atoms with Gasteiger partial charge in [-0.05, 0) is 0 Å². The van der Waals surface area contributed by atoms with Crippen LogP contribution in [0.3, 0.4) is 0 Å². The fraction of sp³-hybridized carbons (Fsp3) is 0.818. The van der Waals surface area contributed by atoms with Gasteiger partial charge in [-0.1, -0.05) is 0 Å². The summed E-state index contributed by atoms with van der Waals surface area (Å²) >= 11 is 0. The zero-order chi connectivity index (χ0) is 15.8. The summed E-state index contributed by atoms with van der Waals surface area (Å²) in [6, 6.07) is 0. The Morgan fingerprint density at radius 2 is 1.05 bits per heavy atom. The first-order valence-electron chi connectivity index (χ1n) is 7.08. The molecule has 0 rings (SSSR count). The van der Waals surface area contributed by atoms with E-state index < -0.39 is 34.5 Å². The smallest absolute Gasteiger partial charge is 0.154 e. The van der Waals surface area contributed by atoms with E-state index in [1.165, 1.54) is 0 Å². The molecule has 0 N–H and O–H groups in total. The summed E-state index contributed by atoms with van der Waals surface area (Å²) in [4.78, 5) is 0. The molecule has 0 fully saturated rings. The molecule has 0 amide bonds. The Morgan fingerprint density at radius 1 is 0.714 bits per heavy atom. The molecule has 6 nitrogen and oxygen atoms in total. The van der Waals surface area contributed by atoms with Gasteiger partial charge in [0.1, 0.15) is 6.63 Å². The lowest BCUT2D eigenvalue weighted by molar-refractivity contribution is 0.148. The molecule has 0 aromatic rings. The second-order valence-electron chi connectivity index (χ2n) is 4.70. The predicted octanol–water partition coefficient (Wildman–Crippen LogP) is -2.11. The highest BCUT2D eigenvalue weighted by molar-refractivity contribution is 7.69. The van der Waals surface area contributed by atoms with Crippen LogP contribution in [0.15, 0.2) is 12.3 Å². The molecule has 0 radical (unpaired) electrons. The van der Waals surface area contributed by atoms with E-state index >= 15 is 0 Å². The molecule has 10 heteroatoms. The monoisotopic (exact) mass is 370 g/mol. The third-order valence-corrected chi connectivity index (χ3v) is 27.6. The lowest BCUT2D eigenvalue weighted by Gasteiger charge is -2.26. The highest BCUT2D eigenvalue weighted by atomic mass is 29.9. The largest absolute Gasteiger partial charge is 0.425 e. The summed E-state index contributed by atoms with van der Waals surface area (Å²) in [6.45, 7) is 6.44. The average molecular weight is 371 g/mol. The number of hydrogen-bond acceptors (Lipinski definition) is 6. The van der Waals surface area contributed by atoms with Crippen LogP contribution in [0.2, 0.25) is 0 Å². The maximum Gasteiger partial charge on any atom is 0.154 e. The molecule has 0 aromatic heterocycles. The zero-order valence-electron chi connectivity index (χ0n) is 13.6. The van der Waals surface area contributed by atoms with E-state index in [1.807, 2.05) is 0 Å². The van der Waals surface area contributed by atoms with Crippen molar-refractivity contribution < 1.29 is 27.5 Å². The van der Waals surface area contributed by atoms with Gasteiger partial charge in [0.2, 0.25) is 0 Å². The van der Waals surface area contributed by atoms with Crippen molar-refractivity contribution in [1.82, 2.24) is 0 Å². The van der Waals surface area contributed by atoms with Gasteiger partial charge in [0, 0.05) is 21.3 Å². The van der Waals surface area contributed by atoms with Crippen molar-refractivity contribution in [2.75, 3.05) is 61.0 Å². The summed E-state index contributed by atoms with van der Waals surface area (Å²) in [7, 11) is 3.15. The fourth-order valence-electron chi connectivity index (χ4n) is 1.55. The standard InChI is InChI=1S/C11H30O6Si4/c1-5-21(18-15-9-6-12-2,19-16-10-7-13-3)20-17-11-8-14-4/h5H,1,6-11,18-20H2,2-4H3. The summed E-state index contributed by atoms with van der Waals surface area (Å²) in [5.41, 5.74) is 2.16. The van der Waals surface area contributed by atoms with Crippen molar-refractivity contribution in [2.45, 2.75) is 0 Å². The molecule has 21 heavy (non-hydrogen) atoms. The first-order valence-corrected chi connectivity index (χ1v) is 17.9. The normalized spacial score (nSPS) is 15.8. The van der Waals surface area contributed by atoms with Crippen molar-refractivity contribution in [1.29, 1.82) is 0 Å². The quantitative estimate of drug-likeness (QED) is 0.229. The Balaban J connectivity index is 4.26. The van der Waals surface area contributed by atoms with Crippen LogP contribution in [0.4, 0.5) is 0 Å². The van der Waals surface area contributed by atoms with E-state index in [9.17, 15) is 0 Å². The molecule has 0 aromatic carbocycles. The van der Waals surface area contributed by atoms with E-state index in [4.69, 9.17) is 27.5 Å². The topological polar surface area (TPSA) is 55.4 Å². The van der Waals surface area contributed by atoms with E-state index in [-0.39, 0.29) is 0 Å². The third-order valence-electron chi connectivity index (χ3n) is 2.90. The average Bonchev–Trinajstić information content (AvgIpc) is 2.51. The minimum atomic E-state index is -1.57. The van der Waals surface area contributed by atoms with E-state index in [0.717, 1.165) is 0 Å². The van der Waals surface area contributed by atoms with Gasteiger partial charge in [0.15, 0.2) is 27.8 Å². The molecule has 0 saturated heterocycles. The Bertz CT molecular complexity index is 215. The van der Waals surface area contributed by atoms with Crippen molar-refractivity contribution in [3.63, 3.8) is 0 Å². The first kappa shape index (κ1) is 21.4. The lowest BCUT2D eigenvalue weighted by atomic mass is 10.8. The zero-order valence-corrected chi connectivity index (χ0v) is 18.8. The van der Waals surface area contributed by atoms with Crippen molar-refractivity contribution >= 4 is 34.5 Å². The molecule has 0 unspecified atom stereocenters. The van der Waals surface area contributed by atoms with E-state index in [1.54, 1.807) is 21.3 Å². The molecule has 0 saturated carbocycles. The van der Waals surface area contributed by atoms with Gasteiger partial charge >= 0.3 is 0 Å². The molecule has 0 aliphatic heterocycles. The fourth-order valence-corrected chi connectivity index (χ4v) is 21.0. The number of hydrogen-bond donors (Lipinski definition) is 0. The molecule has 0 aliphatic rings. The molecule has 0 spiro atoms. The van der Waals surface area contributed by atoms with Crippen LogP contribution in [0.1, 0.15) is 0 Å². The van der Waals surface area contributed by atoms with Crippen molar-refractivity contribution in [3.8, 4) is 0 Å². The molecular weight excluding hydrogens is 340 g/mol. The van der Waals surface area contributed by atoms with Crippen LogP contribution in [0, 0.1) is 0 Å². The van der Waals surface area contributed by atoms with Crippen molar-refractivity contribution in [2.24, 2.45) is 0 Å². The van der Waals surface area contributed by atoms with Gasteiger partial charge in [-0.25, -0.2) is 0 Å². The molecule has 0 bridgehead atoms. The van der Waals surface area contributed by atoms with Gasteiger partial charge in [-0.3, -0.25) is 0 Å². The molecule has 126 valence electrons. The number of rotatable bonds is 16. The minimum absolute atomic E-state index is 0.638. The lowest BCUT2D eigenvalue weighted by Crippen LogP contribution is -2.57. The maximum atomic E-state index is 5.90. The second kappa shape index (κ2) is 15.3. The Kier molecular flexibility index (Phi) is 15.5. The van der Waals surface area contributed by atoms with Crippen LogP contribution in [-0.4, -0.2) is 95.4 Å². The summed E-state index contributed by atoms with van der Waals surface area (Å²) in [5, 5.41) is 0. The van der Waals surface area contributed by atoms with Gasteiger partial charge in [0.05, 0.1) is 39.6 Å². The molecule has 0 heterocycles. The minimum Gasteiger partial charge on any atom is -0.425 e. The molecule has 0 aliphatic carbocycles. The number of ether oxygens (including phenoxy) is 3. The summed E-state index contributed by atoms with van der Waals surface area (Å²) < 4.78 is 32.8. The Labute approximate surface area is 135 Å². The highest BCUT2D eigenvalue weighted by Gasteiger charge is 2.34. The Hall–Kier alpha value is 0.368. The SMILES string of the molecule is C=C[Si]([SiH2]OCCOC)([SiH2]OCCOC)[SiH2]OCCOC. The van der Waals surface area contributed by atoms with Gasteiger partial charge < -0.3 is 27.5 Å². The van der Waals surface area contributed by atoms with Crippen LogP contribution in [0.5, 0.6) is 0 Å². The van der Waals surface area contributed by atoms with Crippen LogP contribution in [-0.2, 0) is 27.5 Å².